The molecule has 24 heavy (non-hydrogen) atoms. The molecular formula is C19H21FN2OS. The fourth-order valence-electron chi connectivity index (χ4n) is 2.35. The van der Waals surface area contributed by atoms with Crippen LogP contribution in [-0.2, 0) is 6.42 Å². The van der Waals surface area contributed by atoms with E-state index in [1.165, 1.54) is 23.9 Å². The molecule has 0 saturated carbocycles. The molecule has 1 N–H and O–H groups in total. The maximum Gasteiger partial charge on any atom is 0.254 e. The summed E-state index contributed by atoms with van der Waals surface area (Å²) in [5.41, 5.74) is 1.05. The fourth-order valence-corrected chi connectivity index (χ4v) is 3.08. The highest BCUT2D eigenvalue weighted by atomic mass is 32.2. The van der Waals surface area contributed by atoms with E-state index in [9.17, 15) is 9.18 Å². The van der Waals surface area contributed by atoms with Gasteiger partial charge >= 0.3 is 0 Å². The first-order chi connectivity index (χ1) is 11.4. The highest BCUT2D eigenvalue weighted by Crippen LogP contribution is 2.21. The summed E-state index contributed by atoms with van der Waals surface area (Å²) >= 11 is 1.48. The van der Waals surface area contributed by atoms with Gasteiger partial charge in [0.25, 0.3) is 5.91 Å². The molecule has 0 radical (unpaired) electrons. The number of hydrogen-bond donors (Lipinski definition) is 1. The summed E-state index contributed by atoms with van der Waals surface area (Å²) in [7, 11) is 0. The van der Waals surface area contributed by atoms with Crippen molar-refractivity contribution in [3.63, 3.8) is 0 Å². The van der Waals surface area contributed by atoms with Crippen molar-refractivity contribution in [3.05, 3.63) is 72.2 Å². The topological polar surface area (TPSA) is 42.0 Å². The third-order valence-electron chi connectivity index (χ3n) is 3.36. The molecule has 0 atom stereocenters. The second-order valence-electron chi connectivity index (χ2n) is 6.10. The van der Waals surface area contributed by atoms with Crippen molar-refractivity contribution in [3.8, 4) is 0 Å². The molecule has 0 aliphatic heterocycles. The summed E-state index contributed by atoms with van der Waals surface area (Å²) in [6.07, 6.45) is 4.06. The van der Waals surface area contributed by atoms with Gasteiger partial charge in [-0.15, -0.1) is 18.3 Å². The van der Waals surface area contributed by atoms with Gasteiger partial charge in [0.2, 0.25) is 0 Å². The van der Waals surface area contributed by atoms with Crippen LogP contribution in [0.3, 0.4) is 0 Å². The Morgan fingerprint density at radius 3 is 2.71 bits per heavy atom. The molecule has 1 amide bonds. The van der Waals surface area contributed by atoms with Gasteiger partial charge in [0.15, 0.2) is 0 Å². The number of benzene rings is 1. The van der Waals surface area contributed by atoms with Gasteiger partial charge in [0, 0.05) is 17.5 Å². The number of nitrogens with one attached hydrogen (secondary N) is 1. The van der Waals surface area contributed by atoms with Gasteiger partial charge in [-0.1, -0.05) is 18.2 Å². The van der Waals surface area contributed by atoms with E-state index in [0.717, 1.165) is 5.56 Å². The van der Waals surface area contributed by atoms with Crippen LogP contribution in [-0.4, -0.2) is 22.2 Å². The van der Waals surface area contributed by atoms with Gasteiger partial charge < -0.3 is 5.32 Å². The zero-order chi connectivity index (χ0) is 17.6. The van der Waals surface area contributed by atoms with E-state index in [-0.39, 0.29) is 11.7 Å². The van der Waals surface area contributed by atoms with Crippen LogP contribution in [0.1, 0.15) is 29.8 Å². The quantitative estimate of drug-likeness (QED) is 0.603. The van der Waals surface area contributed by atoms with Gasteiger partial charge in [0.1, 0.15) is 10.8 Å². The smallest absolute Gasteiger partial charge is 0.254 e. The minimum atomic E-state index is -0.467. The molecule has 126 valence electrons. The Labute approximate surface area is 146 Å². The summed E-state index contributed by atoms with van der Waals surface area (Å²) in [6, 6.07) is 9.84. The lowest BCUT2D eigenvalue weighted by Crippen LogP contribution is -2.45. The summed E-state index contributed by atoms with van der Waals surface area (Å²) in [5, 5.41) is 3.73. The molecule has 0 fully saturated rings. The highest BCUT2D eigenvalue weighted by molar-refractivity contribution is 7.99. The molecule has 5 heteroatoms. The molecule has 1 aromatic carbocycles. The number of carbonyl (C=O) groups is 1. The molecule has 0 bridgehead atoms. The molecule has 0 aliphatic rings. The van der Waals surface area contributed by atoms with Crippen molar-refractivity contribution in [2.75, 3.05) is 5.75 Å². The molecule has 0 aliphatic carbocycles. The number of halogens is 1. The Morgan fingerprint density at radius 1 is 1.33 bits per heavy atom. The van der Waals surface area contributed by atoms with Crippen molar-refractivity contribution in [1.29, 1.82) is 0 Å². The van der Waals surface area contributed by atoms with Gasteiger partial charge in [-0.3, -0.25) is 4.79 Å². The van der Waals surface area contributed by atoms with Crippen LogP contribution in [0.15, 0.2) is 60.3 Å². The Balaban J connectivity index is 2.10. The van der Waals surface area contributed by atoms with Crippen molar-refractivity contribution >= 4 is 17.7 Å². The maximum atomic E-state index is 13.0. The number of amides is 1. The Morgan fingerprint density at radius 2 is 2.04 bits per heavy atom. The van der Waals surface area contributed by atoms with Crippen LogP contribution in [0, 0.1) is 5.82 Å². The zero-order valence-electron chi connectivity index (χ0n) is 13.9. The van der Waals surface area contributed by atoms with Crippen molar-refractivity contribution in [2.24, 2.45) is 0 Å². The molecule has 0 saturated heterocycles. The minimum Gasteiger partial charge on any atom is -0.347 e. The van der Waals surface area contributed by atoms with Gasteiger partial charge in [0.05, 0.1) is 5.56 Å². The molecule has 2 aromatic rings. The summed E-state index contributed by atoms with van der Waals surface area (Å²) in [6.45, 7) is 7.58. The number of nitrogens with zero attached hydrogens (tertiary/aromatic N) is 1. The third kappa shape index (κ3) is 5.20. The van der Waals surface area contributed by atoms with E-state index in [1.807, 2.05) is 13.8 Å². The van der Waals surface area contributed by atoms with Crippen LogP contribution < -0.4 is 5.32 Å². The van der Waals surface area contributed by atoms with Crippen molar-refractivity contribution in [1.82, 2.24) is 10.3 Å². The summed E-state index contributed by atoms with van der Waals surface area (Å²) < 4.78 is 13.0. The molecule has 1 aromatic heterocycles. The molecule has 2 rings (SSSR count). The SMILES string of the molecule is C=CCSc1ncccc1C(=O)NC(C)(C)Cc1ccc(F)cc1. The largest absolute Gasteiger partial charge is 0.347 e. The van der Waals surface area contributed by atoms with Crippen LogP contribution in [0.5, 0.6) is 0 Å². The first-order valence-corrected chi connectivity index (χ1v) is 8.65. The first kappa shape index (κ1) is 18.2. The average Bonchev–Trinajstić information content (AvgIpc) is 2.54. The standard InChI is InChI=1S/C19H21FN2OS/c1-4-12-24-18-16(6-5-11-21-18)17(23)22-19(2,3)13-14-7-9-15(20)10-8-14/h4-11H,1,12-13H2,2-3H3,(H,22,23). The van der Waals surface area contributed by atoms with E-state index in [2.05, 4.69) is 16.9 Å². The predicted octanol–water partition coefficient (Wildman–Crippen LogP) is 4.25. The number of aromatic nitrogens is 1. The highest BCUT2D eigenvalue weighted by Gasteiger charge is 2.23. The lowest BCUT2D eigenvalue weighted by molar-refractivity contribution is 0.0909. The first-order valence-electron chi connectivity index (χ1n) is 7.67. The number of rotatable bonds is 7. The third-order valence-corrected chi connectivity index (χ3v) is 4.37. The monoisotopic (exact) mass is 344 g/mol. The summed E-state index contributed by atoms with van der Waals surface area (Å²) in [4.78, 5) is 16.9. The number of pyridine rings is 1. The van der Waals surface area contributed by atoms with Crippen LogP contribution in [0.25, 0.3) is 0 Å². The van der Waals surface area contributed by atoms with Gasteiger partial charge in [-0.05, 0) is 50.1 Å². The summed E-state index contributed by atoms with van der Waals surface area (Å²) in [5.74, 6) is 0.262. The second kappa shape index (κ2) is 8.11. The molecule has 0 spiro atoms. The maximum absolute atomic E-state index is 13.0. The number of thioether (sulfide) groups is 1. The Bertz CT molecular complexity index is 714. The van der Waals surface area contributed by atoms with E-state index < -0.39 is 5.54 Å². The van der Waals surface area contributed by atoms with Gasteiger partial charge in [-0.2, -0.15) is 0 Å². The molecule has 0 unspecified atom stereocenters. The predicted molar refractivity (Wildman–Crippen MR) is 96.8 cm³/mol. The van der Waals surface area contributed by atoms with E-state index in [1.54, 1.807) is 36.5 Å². The van der Waals surface area contributed by atoms with E-state index >= 15 is 0 Å². The molecular weight excluding hydrogens is 323 g/mol. The normalized spacial score (nSPS) is 11.1. The number of carbonyl (C=O) groups excluding carboxylic acids is 1. The minimum absolute atomic E-state index is 0.165. The Hall–Kier alpha value is -2.14. The lowest BCUT2D eigenvalue weighted by Gasteiger charge is -2.27. The van der Waals surface area contributed by atoms with Crippen LogP contribution >= 0.6 is 11.8 Å². The zero-order valence-corrected chi connectivity index (χ0v) is 14.7. The van der Waals surface area contributed by atoms with Crippen LogP contribution in [0.2, 0.25) is 0 Å². The Kier molecular flexibility index (Phi) is 6.15. The molecule has 3 nitrogen and oxygen atoms in total. The van der Waals surface area contributed by atoms with E-state index in [4.69, 9.17) is 0 Å². The van der Waals surface area contributed by atoms with Crippen LogP contribution in [0.4, 0.5) is 4.39 Å². The average molecular weight is 344 g/mol. The lowest BCUT2D eigenvalue weighted by atomic mass is 9.94. The van der Waals surface area contributed by atoms with Crippen molar-refractivity contribution in [2.45, 2.75) is 30.8 Å². The number of hydrogen-bond acceptors (Lipinski definition) is 3. The molecule has 1 heterocycles. The fraction of sp³-hybridized carbons (Fsp3) is 0.263. The van der Waals surface area contributed by atoms with Crippen molar-refractivity contribution < 1.29 is 9.18 Å². The van der Waals surface area contributed by atoms with Gasteiger partial charge in [-0.25, -0.2) is 9.37 Å². The second-order valence-corrected chi connectivity index (χ2v) is 7.11. The van der Waals surface area contributed by atoms with E-state index in [0.29, 0.717) is 22.8 Å².